The van der Waals surface area contributed by atoms with Crippen molar-refractivity contribution < 1.29 is 4.79 Å². The first-order valence-corrected chi connectivity index (χ1v) is 9.80. The quantitative estimate of drug-likeness (QED) is 0.718. The molecule has 4 rings (SSSR count). The minimum atomic E-state index is -0.126. The van der Waals surface area contributed by atoms with Crippen LogP contribution in [0.3, 0.4) is 0 Å². The number of thiophene rings is 1. The lowest BCUT2D eigenvalue weighted by molar-refractivity contribution is 0.0927. The number of imidazole rings is 1. The molecule has 3 aromatic rings. The zero-order valence-electron chi connectivity index (χ0n) is 14.6. The number of fused-ring (bicyclic) bond motifs is 2. The van der Waals surface area contributed by atoms with Gasteiger partial charge in [-0.15, -0.1) is 11.3 Å². The predicted octanol–water partition coefficient (Wildman–Crippen LogP) is 4.63. The monoisotopic (exact) mass is 353 g/mol. The van der Waals surface area contributed by atoms with Gasteiger partial charge in [-0.05, 0) is 55.4 Å². The maximum Gasteiger partial charge on any atom is 0.261 e. The molecule has 2 N–H and O–H groups in total. The molecule has 1 atom stereocenters. The third-order valence-corrected chi connectivity index (χ3v) is 6.11. The van der Waals surface area contributed by atoms with Crippen LogP contribution in [0.4, 0.5) is 0 Å². The van der Waals surface area contributed by atoms with Gasteiger partial charge in [-0.1, -0.05) is 26.0 Å². The smallest absolute Gasteiger partial charge is 0.261 e. The highest BCUT2D eigenvalue weighted by molar-refractivity contribution is 7.14. The van der Waals surface area contributed by atoms with Crippen molar-refractivity contribution >= 4 is 28.3 Å². The number of carbonyl (C=O) groups is 1. The first-order valence-electron chi connectivity index (χ1n) is 8.99. The molecule has 0 saturated carbocycles. The first kappa shape index (κ1) is 16.3. The molecule has 1 unspecified atom stereocenters. The fraction of sp³-hybridized carbons (Fsp3) is 0.400. The molecule has 1 aromatic carbocycles. The van der Waals surface area contributed by atoms with E-state index < -0.39 is 0 Å². The Hall–Kier alpha value is -2.14. The van der Waals surface area contributed by atoms with E-state index in [4.69, 9.17) is 0 Å². The van der Waals surface area contributed by atoms with Crippen LogP contribution in [0.15, 0.2) is 30.3 Å². The van der Waals surface area contributed by atoms with Crippen molar-refractivity contribution in [2.75, 3.05) is 0 Å². The summed E-state index contributed by atoms with van der Waals surface area (Å²) in [5.74, 6) is 1.09. The predicted molar refractivity (Wildman–Crippen MR) is 102 cm³/mol. The van der Waals surface area contributed by atoms with Crippen LogP contribution >= 0.6 is 11.3 Å². The van der Waals surface area contributed by atoms with Crippen LogP contribution in [0.1, 0.15) is 58.7 Å². The largest absolute Gasteiger partial charge is 0.341 e. The second-order valence-electron chi connectivity index (χ2n) is 7.10. The molecule has 0 aliphatic heterocycles. The van der Waals surface area contributed by atoms with Gasteiger partial charge in [-0.25, -0.2) is 4.98 Å². The van der Waals surface area contributed by atoms with Gasteiger partial charge in [0.05, 0.1) is 22.0 Å². The summed E-state index contributed by atoms with van der Waals surface area (Å²) in [6.45, 7) is 4.22. The lowest BCUT2D eigenvalue weighted by atomic mass is 9.99. The summed E-state index contributed by atoms with van der Waals surface area (Å²) in [5.41, 5.74) is 3.30. The summed E-state index contributed by atoms with van der Waals surface area (Å²) in [6, 6.07) is 9.93. The van der Waals surface area contributed by atoms with Crippen molar-refractivity contribution in [2.45, 2.75) is 45.6 Å². The molecule has 2 aromatic heterocycles. The summed E-state index contributed by atoms with van der Waals surface area (Å²) >= 11 is 1.65. The Labute approximate surface area is 151 Å². The molecule has 130 valence electrons. The Morgan fingerprint density at radius 2 is 2.04 bits per heavy atom. The minimum Gasteiger partial charge on any atom is -0.341 e. The molecule has 0 radical (unpaired) electrons. The van der Waals surface area contributed by atoms with Crippen molar-refractivity contribution in [3.05, 3.63) is 51.5 Å². The molecule has 1 aliphatic carbocycles. The van der Waals surface area contributed by atoms with Gasteiger partial charge in [-0.2, -0.15) is 0 Å². The molecule has 0 fully saturated rings. The van der Waals surface area contributed by atoms with E-state index in [1.165, 1.54) is 23.3 Å². The number of rotatable bonds is 4. The summed E-state index contributed by atoms with van der Waals surface area (Å²) in [5, 5.41) is 3.20. The van der Waals surface area contributed by atoms with E-state index in [0.29, 0.717) is 0 Å². The summed E-state index contributed by atoms with van der Waals surface area (Å²) in [6.07, 6.45) is 4.70. The van der Waals surface area contributed by atoms with Crippen molar-refractivity contribution in [3.8, 4) is 0 Å². The standard InChI is InChI=1S/C20H23N3OS/c1-12(2)18(19-21-14-8-4-5-9-15(14)22-19)23-20(24)17-11-13-7-3-6-10-16(13)25-17/h4-5,8-9,11-12,18H,3,6-7,10H2,1-2H3,(H,21,22)(H,23,24). The van der Waals surface area contributed by atoms with Gasteiger partial charge in [0.25, 0.3) is 5.91 Å². The number of nitrogens with one attached hydrogen (secondary N) is 2. The highest BCUT2D eigenvalue weighted by Crippen LogP contribution is 2.30. The van der Waals surface area contributed by atoms with Gasteiger partial charge in [0.15, 0.2) is 0 Å². The van der Waals surface area contributed by atoms with E-state index in [2.05, 4.69) is 35.2 Å². The number of hydrogen-bond donors (Lipinski definition) is 2. The van der Waals surface area contributed by atoms with Gasteiger partial charge in [-0.3, -0.25) is 4.79 Å². The Kier molecular flexibility index (Phi) is 4.34. The van der Waals surface area contributed by atoms with Crippen LogP contribution in [-0.4, -0.2) is 15.9 Å². The maximum absolute atomic E-state index is 12.8. The second-order valence-corrected chi connectivity index (χ2v) is 8.24. The number of nitrogens with zero attached hydrogens (tertiary/aromatic N) is 1. The maximum atomic E-state index is 12.8. The van der Waals surface area contributed by atoms with Crippen LogP contribution < -0.4 is 5.32 Å². The van der Waals surface area contributed by atoms with Crippen LogP contribution in [0.25, 0.3) is 11.0 Å². The summed E-state index contributed by atoms with van der Waals surface area (Å²) in [7, 11) is 0. The molecule has 1 amide bonds. The van der Waals surface area contributed by atoms with E-state index in [0.717, 1.165) is 34.6 Å². The van der Waals surface area contributed by atoms with E-state index >= 15 is 0 Å². The lowest BCUT2D eigenvalue weighted by Crippen LogP contribution is -2.32. The molecule has 25 heavy (non-hydrogen) atoms. The lowest BCUT2D eigenvalue weighted by Gasteiger charge is -2.19. The van der Waals surface area contributed by atoms with E-state index in [1.54, 1.807) is 11.3 Å². The van der Waals surface area contributed by atoms with Crippen LogP contribution in [-0.2, 0) is 12.8 Å². The fourth-order valence-electron chi connectivity index (χ4n) is 3.49. The number of aromatic nitrogens is 2. The Balaban J connectivity index is 1.59. The number of amides is 1. The van der Waals surface area contributed by atoms with Crippen molar-refractivity contribution in [2.24, 2.45) is 5.92 Å². The van der Waals surface area contributed by atoms with Gasteiger partial charge in [0, 0.05) is 4.88 Å². The van der Waals surface area contributed by atoms with Gasteiger partial charge in [0.1, 0.15) is 5.82 Å². The molecule has 4 nitrogen and oxygen atoms in total. The molecular formula is C20H23N3OS. The average molecular weight is 353 g/mol. The van der Waals surface area contributed by atoms with Gasteiger partial charge < -0.3 is 10.3 Å². The molecule has 0 bridgehead atoms. The van der Waals surface area contributed by atoms with E-state index in [1.807, 2.05) is 24.3 Å². The van der Waals surface area contributed by atoms with Crippen LogP contribution in [0, 0.1) is 5.92 Å². The number of benzene rings is 1. The second kappa shape index (κ2) is 6.64. The molecular weight excluding hydrogens is 330 g/mol. The summed E-state index contributed by atoms with van der Waals surface area (Å²) in [4.78, 5) is 23.1. The van der Waals surface area contributed by atoms with Gasteiger partial charge in [0.2, 0.25) is 0 Å². The number of aromatic amines is 1. The van der Waals surface area contributed by atoms with E-state index in [-0.39, 0.29) is 17.9 Å². The number of aryl methyl sites for hydroxylation is 2. The van der Waals surface area contributed by atoms with Gasteiger partial charge >= 0.3 is 0 Å². The van der Waals surface area contributed by atoms with Crippen molar-refractivity contribution in [1.82, 2.24) is 15.3 Å². The Morgan fingerprint density at radius 3 is 2.80 bits per heavy atom. The average Bonchev–Trinajstić information content (AvgIpc) is 3.22. The molecule has 1 aliphatic rings. The summed E-state index contributed by atoms with van der Waals surface area (Å²) < 4.78 is 0. The molecule has 2 heterocycles. The normalized spacial score (nSPS) is 15.3. The SMILES string of the molecule is CC(C)C(NC(=O)c1cc2c(s1)CCCC2)c1nc2ccccc2[nH]1. The number of carbonyl (C=O) groups excluding carboxylic acids is 1. The fourth-order valence-corrected chi connectivity index (χ4v) is 4.64. The van der Waals surface area contributed by atoms with Crippen molar-refractivity contribution in [1.29, 1.82) is 0 Å². The number of para-hydroxylation sites is 2. The third kappa shape index (κ3) is 3.21. The Morgan fingerprint density at radius 1 is 1.24 bits per heavy atom. The molecule has 5 heteroatoms. The highest BCUT2D eigenvalue weighted by atomic mass is 32.1. The van der Waals surface area contributed by atoms with Crippen molar-refractivity contribution in [3.63, 3.8) is 0 Å². The zero-order valence-corrected chi connectivity index (χ0v) is 15.5. The van der Waals surface area contributed by atoms with Crippen LogP contribution in [0.5, 0.6) is 0 Å². The highest BCUT2D eigenvalue weighted by Gasteiger charge is 2.24. The third-order valence-electron chi connectivity index (χ3n) is 4.88. The first-order chi connectivity index (χ1) is 12.1. The molecule has 0 saturated heterocycles. The topological polar surface area (TPSA) is 57.8 Å². The number of hydrogen-bond acceptors (Lipinski definition) is 3. The minimum absolute atomic E-state index is 0.0126. The Bertz CT molecular complexity index is 852. The zero-order chi connectivity index (χ0) is 17.4. The number of H-pyrrole nitrogens is 1. The van der Waals surface area contributed by atoms with Crippen LogP contribution in [0.2, 0.25) is 0 Å². The van der Waals surface area contributed by atoms with E-state index in [9.17, 15) is 4.79 Å². The molecule has 0 spiro atoms.